The highest BCUT2D eigenvalue weighted by Crippen LogP contribution is 2.32. The second-order valence-electron chi connectivity index (χ2n) is 8.41. The number of carbonyl (C=O) groups is 1. The fraction of sp³-hybridized carbons (Fsp3) is 0.458. The van der Waals surface area contributed by atoms with Gasteiger partial charge in [-0.1, -0.05) is 6.92 Å². The summed E-state index contributed by atoms with van der Waals surface area (Å²) in [6.45, 7) is 6.78. The first-order chi connectivity index (χ1) is 15.1. The van der Waals surface area contributed by atoms with Crippen molar-refractivity contribution >= 4 is 21.6 Å². The average Bonchev–Trinajstić information content (AvgIpc) is 2.79. The molecule has 0 spiro atoms. The predicted octanol–water partition coefficient (Wildman–Crippen LogP) is 4.02. The van der Waals surface area contributed by atoms with Crippen LogP contribution < -0.4 is 14.4 Å². The van der Waals surface area contributed by atoms with Crippen LogP contribution in [-0.4, -0.2) is 53.0 Å². The number of sulfonamides is 1. The van der Waals surface area contributed by atoms with Gasteiger partial charge in [0, 0.05) is 37.5 Å². The number of hydrogen-bond donors (Lipinski definition) is 0. The Labute approximate surface area is 191 Å². The van der Waals surface area contributed by atoms with Gasteiger partial charge in [-0.15, -0.1) is 0 Å². The largest absolute Gasteiger partial charge is 0.493 e. The van der Waals surface area contributed by atoms with Gasteiger partial charge in [0.05, 0.1) is 19.1 Å². The van der Waals surface area contributed by atoms with Gasteiger partial charge in [-0.3, -0.25) is 4.79 Å². The van der Waals surface area contributed by atoms with Crippen LogP contribution in [0.15, 0.2) is 35.2 Å². The van der Waals surface area contributed by atoms with E-state index in [0.717, 1.165) is 18.4 Å². The minimum absolute atomic E-state index is 0.205. The fourth-order valence-corrected chi connectivity index (χ4v) is 5.72. The van der Waals surface area contributed by atoms with E-state index in [-0.39, 0.29) is 10.8 Å². The van der Waals surface area contributed by atoms with Gasteiger partial charge < -0.3 is 14.4 Å². The number of benzene rings is 2. The monoisotopic (exact) mass is 460 g/mol. The van der Waals surface area contributed by atoms with Crippen LogP contribution in [0.1, 0.15) is 41.3 Å². The Morgan fingerprint density at radius 2 is 1.66 bits per heavy atom. The molecule has 0 aromatic heterocycles. The molecule has 0 aliphatic carbocycles. The average molecular weight is 461 g/mol. The zero-order valence-electron chi connectivity index (χ0n) is 19.6. The molecule has 0 bridgehead atoms. The van der Waals surface area contributed by atoms with Gasteiger partial charge in [-0.2, -0.15) is 4.31 Å². The second-order valence-corrected chi connectivity index (χ2v) is 10.3. The van der Waals surface area contributed by atoms with Gasteiger partial charge in [-0.05, 0) is 68.0 Å². The first-order valence-electron chi connectivity index (χ1n) is 10.7. The molecule has 1 aliphatic rings. The molecule has 2 aromatic rings. The molecule has 7 nitrogen and oxygen atoms in total. The number of hydrogen-bond acceptors (Lipinski definition) is 5. The Kier molecular flexibility index (Phi) is 7.15. The zero-order valence-corrected chi connectivity index (χ0v) is 20.5. The maximum Gasteiger partial charge on any atom is 0.258 e. The Morgan fingerprint density at radius 1 is 1.03 bits per heavy atom. The molecule has 1 fully saturated rings. The van der Waals surface area contributed by atoms with E-state index in [1.165, 1.54) is 18.1 Å². The van der Waals surface area contributed by atoms with Crippen LogP contribution in [0.25, 0.3) is 0 Å². The highest BCUT2D eigenvalue weighted by Gasteiger charge is 2.31. The summed E-state index contributed by atoms with van der Waals surface area (Å²) < 4.78 is 39.0. The molecule has 8 heteroatoms. The fourth-order valence-electron chi connectivity index (χ4n) is 3.93. The minimum atomic E-state index is -3.68. The van der Waals surface area contributed by atoms with Gasteiger partial charge >= 0.3 is 0 Å². The molecular weight excluding hydrogens is 428 g/mol. The Hall–Kier alpha value is -2.58. The van der Waals surface area contributed by atoms with Crippen molar-refractivity contribution in [3.63, 3.8) is 0 Å². The van der Waals surface area contributed by atoms with Crippen molar-refractivity contribution in [2.75, 3.05) is 39.3 Å². The number of aryl methyl sites for hydroxylation is 1. The lowest BCUT2D eigenvalue weighted by atomic mass is 10.0. The third kappa shape index (κ3) is 4.61. The van der Waals surface area contributed by atoms with Crippen molar-refractivity contribution in [1.82, 2.24) is 4.31 Å². The summed E-state index contributed by atoms with van der Waals surface area (Å²) in [5.74, 6) is 1.29. The summed E-state index contributed by atoms with van der Waals surface area (Å²) in [6.07, 6.45) is 1.69. The van der Waals surface area contributed by atoms with Crippen LogP contribution >= 0.6 is 0 Å². The zero-order chi connectivity index (χ0) is 23.6. The van der Waals surface area contributed by atoms with Crippen LogP contribution in [0, 0.1) is 19.8 Å². The minimum Gasteiger partial charge on any atom is -0.493 e. The summed E-state index contributed by atoms with van der Waals surface area (Å²) in [6, 6.07) is 8.45. The molecule has 3 rings (SSSR count). The van der Waals surface area contributed by atoms with Crippen LogP contribution in [0.5, 0.6) is 11.5 Å². The predicted molar refractivity (Wildman–Crippen MR) is 125 cm³/mol. The number of nitrogens with zero attached hydrogens (tertiary/aromatic N) is 2. The molecule has 1 amide bonds. The van der Waals surface area contributed by atoms with Gasteiger partial charge in [0.15, 0.2) is 11.5 Å². The van der Waals surface area contributed by atoms with Crippen LogP contribution in [0.4, 0.5) is 5.69 Å². The lowest BCUT2D eigenvalue weighted by Gasteiger charge is -2.30. The molecule has 32 heavy (non-hydrogen) atoms. The van der Waals surface area contributed by atoms with E-state index in [4.69, 9.17) is 9.47 Å². The van der Waals surface area contributed by atoms with E-state index in [0.29, 0.717) is 47.3 Å². The number of ether oxygens (including phenoxy) is 2. The summed E-state index contributed by atoms with van der Waals surface area (Å²) >= 11 is 0. The van der Waals surface area contributed by atoms with E-state index in [1.807, 2.05) is 6.92 Å². The van der Waals surface area contributed by atoms with Gasteiger partial charge in [0.25, 0.3) is 5.91 Å². The van der Waals surface area contributed by atoms with E-state index in [1.54, 1.807) is 49.7 Å². The lowest BCUT2D eigenvalue weighted by molar-refractivity contribution is 0.0992. The quantitative estimate of drug-likeness (QED) is 0.651. The molecule has 1 heterocycles. The second kappa shape index (κ2) is 9.50. The first-order valence-corrected chi connectivity index (χ1v) is 12.2. The highest BCUT2D eigenvalue weighted by atomic mass is 32.2. The maximum absolute atomic E-state index is 13.4. The summed E-state index contributed by atoms with van der Waals surface area (Å²) in [4.78, 5) is 15.0. The Bertz CT molecular complexity index is 1110. The van der Waals surface area contributed by atoms with Gasteiger partial charge in [-0.25, -0.2) is 8.42 Å². The molecule has 0 unspecified atom stereocenters. The number of rotatable bonds is 6. The third-order valence-corrected chi connectivity index (χ3v) is 8.31. The smallest absolute Gasteiger partial charge is 0.258 e. The van der Waals surface area contributed by atoms with Crippen molar-refractivity contribution in [1.29, 1.82) is 0 Å². The van der Waals surface area contributed by atoms with Crippen molar-refractivity contribution in [2.45, 2.75) is 38.5 Å². The standard InChI is InChI=1S/C24H32N2O5S/c1-16-9-11-26(12-10-16)32(28,29)23-14-19(13-17(2)18(23)3)24(27)25(4)20-7-8-21(30-5)22(15-20)31-6/h7-8,13-16H,9-12H2,1-6H3. The molecule has 0 atom stereocenters. The van der Waals surface area contributed by atoms with E-state index < -0.39 is 10.0 Å². The SMILES string of the molecule is COc1ccc(N(C)C(=O)c2cc(C)c(C)c(S(=O)(=O)N3CCC(C)CC3)c2)cc1OC. The molecular formula is C24H32N2O5S. The van der Waals surface area contributed by atoms with Crippen molar-refractivity contribution in [3.05, 3.63) is 47.0 Å². The van der Waals surface area contributed by atoms with Gasteiger partial charge in [0.2, 0.25) is 10.0 Å². The van der Waals surface area contributed by atoms with Crippen molar-refractivity contribution in [3.8, 4) is 11.5 Å². The Morgan fingerprint density at radius 3 is 2.25 bits per heavy atom. The van der Waals surface area contributed by atoms with Crippen LogP contribution in [0.3, 0.4) is 0 Å². The molecule has 1 aliphatic heterocycles. The number of methoxy groups -OCH3 is 2. The topological polar surface area (TPSA) is 76.2 Å². The van der Waals surface area contributed by atoms with Crippen LogP contribution in [-0.2, 0) is 10.0 Å². The molecule has 2 aromatic carbocycles. The third-order valence-electron chi connectivity index (χ3n) is 6.29. The summed E-state index contributed by atoms with van der Waals surface area (Å²) in [5, 5.41) is 0. The van der Waals surface area contributed by atoms with E-state index >= 15 is 0 Å². The van der Waals surface area contributed by atoms with E-state index in [9.17, 15) is 13.2 Å². The summed E-state index contributed by atoms with van der Waals surface area (Å²) in [7, 11) is 1.05. The number of carbonyl (C=O) groups excluding carboxylic acids is 1. The molecule has 0 N–H and O–H groups in total. The molecule has 0 radical (unpaired) electrons. The van der Waals surface area contributed by atoms with Gasteiger partial charge in [0.1, 0.15) is 0 Å². The number of piperidine rings is 1. The molecule has 174 valence electrons. The lowest BCUT2D eigenvalue weighted by Crippen LogP contribution is -2.38. The highest BCUT2D eigenvalue weighted by molar-refractivity contribution is 7.89. The number of anilines is 1. The first kappa shape index (κ1) is 24.1. The van der Waals surface area contributed by atoms with E-state index in [2.05, 4.69) is 6.92 Å². The summed E-state index contributed by atoms with van der Waals surface area (Å²) in [5.41, 5.74) is 2.38. The molecule has 0 saturated carbocycles. The number of amides is 1. The van der Waals surface area contributed by atoms with Crippen molar-refractivity contribution < 1.29 is 22.7 Å². The van der Waals surface area contributed by atoms with Crippen molar-refractivity contribution in [2.24, 2.45) is 5.92 Å². The normalized spacial score (nSPS) is 15.4. The van der Waals surface area contributed by atoms with Crippen LogP contribution in [0.2, 0.25) is 0 Å². The molecule has 1 saturated heterocycles. The Balaban J connectivity index is 1.97. The maximum atomic E-state index is 13.4.